The minimum absolute atomic E-state index is 0.223. The average Bonchev–Trinajstić information content (AvgIpc) is 2.09. The van der Waals surface area contributed by atoms with E-state index in [0.29, 0.717) is 5.15 Å². The third-order valence-electron chi connectivity index (χ3n) is 1.93. The molecule has 1 heterocycles. The average molecular weight is 341 g/mol. The Morgan fingerprint density at radius 3 is 2.67 bits per heavy atom. The van der Waals surface area contributed by atoms with Crippen LogP contribution in [0.5, 0.6) is 0 Å². The first-order chi connectivity index (χ1) is 6.80. The van der Waals surface area contributed by atoms with Gasteiger partial charge in [0, 0.05) is 11.6 Å². The highest BCUT2D eigenvalue weighted by molar-refractivity contribution is 14.1. The number of aliphatic hydroxyl groups is 1. The number of nitrogens with zero attached hydrogens (tertiary/aromatic N) is 1. The first-order valence-electron chi connectivity index (χ1n) is 4.56. The third kappa shape index (κ3) is 3.77. The van der Waals surface area contributed by atoms with Crippen molar-refractivity contribution in [1.82, 2.24) is 4.98 Å². The highest BCUT2D eigenvalue weighted by Crippen LogP contribution is 2.25. The molecule has 3 nitrogen and oxygen atoms in total. The largest absolute Gasteiger partial charge is 0.373 e. The monoisotopic (exact) mass is 340 g/mol. The summed E-state index contributed by atoms with van der Waals surface area (Å²) in [4.78, 5) is 3.95. The van der Waals surface area contributed by atoms with Crippen LogP contribution in [0.4, 0.5) is 5.69 Å². The Hall–Kier alpha value is -0.0700. The Morgan fingerprint density at radius 2 is 2.13 bits per heavy atom. The quantitative estimate of drug-likeness (QED) is 0.494. The normalized spacial score (nSPS) is 13.7. The van der Waals surface area contributed by atoms with Gasteiger partial charge in [0.25, 0.3) is 0 Å². The second kappa shape index (κ2) is 4.84. The Labute approximate surface area is 108 Å². The van der Waals surface area contributed by atoms with Crippen LogP contribution >= 0.6 is 34.2 Å². The van der Waals surface area contributed by atoms with E-state index in [9.17, 15) is 5.11 Å². The lowest BCUT2D eigenvalue weighted by molar-refractivity contribution is 0.0880. The van der Waals surface area contributed by atoms with Gasteiger partial charge in [-0.25, -0.2) is 4.98 Å². The number of pyridine rings is 1. The van der Waals surface area contributed by atoms with Crippen LogP contribution in [-0.2, 0) is 0 Å². The van der Waals surface area contributed by atoms with Gasteiger partial charge < -0.3 is 10.4 Å². The van der Waals surface area contributed by atoms with Gasteiger partial charge in [0.15, 0.2) is 0 Å². The molecule has 0 fully saturated rings. The van der Waals surface area contributed by atoms with Crippen LogP contribution in [-0.4, -0.2) is 16.3 Å². The highest BCUT2D eigenvalue weighted by atomic mass is 127. The Kier molecular flexibility index (Phi) is 4.20. The van der Waals surface area contributed by atoms with Crippen molar-refractivity contribution >= 4 is 39.9 Å². The molecule has 15 heavy (non-hydrogen) atoms. The summed E-state index contributed by atoms with van der Waals surface area (Å²) in [5.74, 6) is 0. The van der Waals surface area contributed by atoms with Crippen molar-refractivity contribution < 1.29 is 5.11 Å². The van der Waals surface area contributed by atoms with Crippen LogP contribution in [0.25, 0.3) is 0 Å². The zero-order chi connectivity index (χ0) is 11.6. The molecule has 0 saturated heterocycles. The molecule has 1 aromatic heterocycles. The fourth-order valence-electron chi connectivity index (χ4n) is 0.888. The lowest BCUT2D eigenvalue weighted by atomic mass is 9.94. The van der Waals surface area contributed by atoms with Crippen LogP contribution in [0.2, 0.25) is 5.15 Å². The molecule has 0 amide bonds. The second-order valence-corrected chi connectivity index (χ2v) is 5.95. The number of anilines is 1. The molecule has 0 aromatic carbocycles. The molecule has 1 unspecified atom stereocenters. The fourth-order valence-corrected chi connectivity index (χ4v) is 1.50. The first kappa shape index (κ1) is 13.0. The van der Waals surface area contributed by atoms with E-state index in [0.717, 1.165) is 9.26 Å². The van der Waals surface area contributed by atoms with Gasteiger partial charge in [0.1, 0.15) is 11.4 Å². The summed E-state index contributed by atoms with van der Waals surface area (Å²) in [6, 6.07) is 1.71. The van der Waals surface area contributed by atoms with Gasteiger partial charge in [-0.15, -0.1) is 0 Å². The van der Waals surface area contributed by atoms with E-state index in [1.807, 2.05) is 20.8 Å². The van der Waals surface area contributed by atoms with Gasteiger partial charge in [-0.1, -0.05) is 32.4 Å². The number of aliphatic hydroxyl groups excluding tert-OH is 1. The van der Waals surface area contributed by atoms with E-state index in [2.05, 4.69) is 32.9 Å². The molecule has 1 atom stereocenters. The van der Waals surface area contributed by atoms with Gasteiger partial charge in [-0.2, -0.15) is 0 Å². The lowest BCUT2D eigenvalue weighted by Crippen LogP contribution is -2.33. The molecule has 0 radical (unpaired) electrons. The number of hydrogen-bond donors (Lipinski definition) is 2. The maximum atomic E-state index is 9.88. The van der Waals surface area contributed by atoms with Crippen molar-refractivity contribution in [2.75, 3.05) is 5.32 Å². The van der Waals surface area contributed by atoms with Crippen molar-refractivity contribution in [3.8, 4) is 0 Å². The predicted molar refractivity (Wildman–Crippen MR) is 71.0 cm³/mol. The molecule has 0 aliphatic rings. The minimum Gasteiger partial charge on any atom is -0.373 e. The summed E-state index contributed by atoms with van der Waals surface area (Å²) >= 11 is 7.92. The van der Waals surface area contributed by atoms with E-state index in [-0.39, 0.29) is 5.41 Å². The van der Waals surface area contributed by atoms with E-state index in [1.165, 1.54) is 0 Å². The molecule has 0 saturated carbocycles. The molecular weight excluding hydrogens is 326 g/mol. The number of nitrogens with one attached hydrogen (secondary N) is 1. The Bertz CT molecular complexity index is 352. The Morgan fingerprint density at radius 1 is 1.53 bits per heavy atom. The molecule has 5 heteroatoms. The molecular formula is C10H14ClIN2O. The number of aromatic nitrogens is 1. The van der Waals surface area contributed by atoms with E-state index < -0.39 is 6.23 Å². The number of hydrogen-bond acceptors (Lipinski definition) is 3. The maximum Gasteiger partial charge on any atom is 0.131 e. The van der Waals surface area contributed by atoms with Crippen molar-refractivity contribution in [3.05, 3.63) is 21.0 Å². The summed E-state index contributed by atoms with van der Waals surface area (Å²) in [5, 5.41) is 13.3. The molecule has 0 spiro atoms. The van der Waals surface area contributed by atoms with E-state index in [1.54, 1.807) is 12.3 Å². The van der Waals surface area contributed by atoms with Crippen molar-refractivity contribution in [2.24, 2.45) is 5.41 Å². The molecule has 0 bridgehead atoms. The van der Waals surface area contributed by atoms with Crippen LogP contribution in [0.1, 0.15) is 20.8 Å². The standard InChI is InChI=1S/C10H14ClIN2O/c1-10(2,3)9(15)14-7-4-8(11)13-5-6(7)12/h4-5,9,15H,1-3H3,(H,13,14). The number of halogens is 2. The smallest absolute Gasteiger partial charge is 0.131 e. The second-order valence-electron chi connectivity index (χ2n) is 4.40. The van der Waals surface area contributed by atoms with Crippen molar-refractivity contribution in [3.63, 3.8) is 0 Å². The van der Waals surface area contributed by atoms with E-state index >= 15 is 0 Å². The van der Waals surface area contributed by atoms with Crippen LogP contribution in [0.3, 0.4) is 0 Å². The summed E-state index contributed by atoms with van der Waals surface area (Å²) in [6.45, 7) is 5.88. The minimum atomic E-state index is -0.621. The fraction of sp³-hybridized carbons (Fsp3) is 0.500. The van der Waals surface area contributed by atoms with Gasteiger partial charge in [-0.3, -0.25) is 0 Å². The summed E-state index contributed by atoms with van der Waals surface area (Å²) in [6.07, 6.45) is 1.05. The lowest BCUT2D eigenvalue weighted by Gasteiger charge is -2.27. The molecule has 84 valence electrons. The summed E-state index contributed by atoms with van der Waals surface area (Å²) < 4.78 is 0.931. The molecule has 0 aliphatic heterocycles. The molecule has 0 aliphatic carbocycles. The van der Waals surface area contributed by atoms with Gasteiger partial charge >= 0.3 is 0 Å². The third-order valence-corrected chi connectivity index (χ3v) is 3.00. The predicted octanol–water partition coefficient (Wildman–Crippen LogP) is 3.12. The molecule has 2 N–H and O–H groups in total. The van der Waals surface area contributed by atoms with Crippen LogP contribution in [0, 0.1) is 8.99 Å². The maximum absolute atomic E-state index is 9.88. The van der Waals surface area contributed by atoms with Gasteiger partial charge in [0.2, 0.25) is 0 Å². The van der Waals surface area contributed by atoms with Gasteiger partial charge in [0.05, 0.1) is 9.26 Å². The first-order valence-corrected chi connectivity index (χ1v) is 6.02. The van der Waals surface area contributed by atoms with E-state index in [4.69, 9.17) is 11.6 Å². The van der Waals surface area contributed by atoms with Gasteiger partial charge in [-0.05, 0) is 28.7 Å². The zero-order valence-corrected chi connectivity index (χ0v) is 11.8. The topological polar surface area (TPSA) is 45.1 Å². The van der Waals surface area contributed by atoms with Crippen molar-refractivity contribution in [1.29, 1.82) is 0 Å². The van der Waals surface area contributed by atoms with Crippen molar-refractivity contribution in [2.45, 2.75) is 27.0 Å². The number of rotatable bonds is 2. The molecule has 1 aromatic rings. The van der Waals surface area contributed by atoms with Crippen LogP contribution in [0.15, 0.2) is 12.3 Å². The summed E-state index contributed by atoms with van der Waals surface area (Å²) in [7, 11) is 0. The summed E-state index contributed by atoms with van der Waals surface area (Å²) in [5.41, 5.74) is 0.580. The SMILES string of the molecule is CC(C)(C)C(O)Nc1cc(Cl)ncc1I. The zero-order valence-electron chi connectivity index (χ0n) is 8.88. The van der Waals surface area contributed by atoms with Crippen LogP contribution < -0.4 is 5.32 Å². The molecule has 1 rings (SSSR count). The highest BCUT2D eigenvalue weighted by Gasteiger charge is 2.22. The Balaban J connectivity index is 2.85.